The van der Waals surface area contributed by atoms with Gasteiger partial charge in [0.1, 0.15) is 5.75 Å². The van der Waals surface area contributed by atoms with Crippen molar-refractivity contribution in [2.24, 2.45) is 0 Å². The van der Waals surface area contributed by atoms with Crippen LogP contribution < -0.4 is 0 Å². The summed E-state index contributed by atoms with van der Waals surface area (Å²) in [7, 11) is 0. The Hall–Kier alpha value is -0.690. The first-order chi connectivity index (χ1) is 5.68. The molecule has 0 saturated carbocycles. The standard InChI is InChI=1S/C10H13ClO/c1-8(11)5-6-9-3-2-4-10(12)7-9/h2-4,7-8,12H,5-6H2,1H3. The first kappa shape index (κ1) is 9.40. The van der Waals surface area contributed by atoms with E-state index in [0.717, 1.165) is 18.4 Å². The number of hydrogen-bond donors (Lipinski definition) is 1. The van der Waals surface area contributed by atoms with Crippen LogP contribution in [0.3, 0.4) is 0 Å². The zero-order chi connectivity index (χ0) is 8.97. The van der Waals surface area contributed by atoms with Crippen LogP contribution in [-0.4, -0.2) is 10.5 Å². The van der Waals surface area contributed by atoms with Gasteiger partial charge in [-0.2, -0.15) is 0 Å². The number of phenolic OH excluding ortho intramolecular Hbond substituents is 1. The van der Waals surface area contributed by atoms with E-state index in [2.05, 4.69) is 0 Å². The van der Waals surface area contributed by atoms with Crippen molar-refractivity contribution in [1.29, 1.82) is 0 Å². The summed E-state index contributed by atoms with van der Waals surface area (Å²) in [6.45, 7) is 1.98. The molecule has 1 aromatic carbocycles. The van der Waals surface area contributed by atoms with E-state index in [1.807, 2.05) is 19.1 Å². The van der Waals surface area contributed by atoms with Gasteiger partial charge in [0.15, 0.2) is 0 Å². The fourth-order valence-electron chi connectivity index (χ4n) is 1.08. The predicted molar refractivity (Wildman–Crippen MR) is 51.7 cm³/mol. The Balaban J connectivity index is 2.52. The molecule has 0 heterocycles. The molecule has 1 rings (SSSR count). The molecule has 0 bridgehead atoms. The van der Waals surface area contributed by atoms with Crippen molar-refractivity contribution in [1.82, 2.24) is 0 Å². The molecule has 0 spiro atoms. The van der Waals surface area contributed by atoms with E-state index in [1.165, 1.54) is 0 Å². The largest absolute Gasteiger partial charge is 0.508 e. The Morgan fingerprint density at radius 3 is 2.83 bits per heavy atom. The van der Waals surface area contributed by atoms with Crippen molar-refractivity contribution in [3.05, 3.63) is 29.8 Å². The van der Waals surface area contributed by atoms with Crippen molar-refractivity contribution in [3.8, 4) is 5.75 Å². The summed E-state index contributed by atoms with van der Waals surface area (Å²) in [5.41, 5.74) is 1.14. The van der Waals surface area contributed by atoms with Crippen LogP contribution in [0.4, 0.5) is 0 Å². The van der Waals surface area contributed by atoms with Crippen LogP contribution in [0.15, 0.2) is 24.3 Å². The third-order valence-electron chi connectivity index (χ3n) is 1.74. The number of hydrogen-bond acceptors (Lipinski definition) is 1. The van der Waals surface area contributed by atoms with E-state index in [-0.39, 0.29) is 5.38 Å². The highest BCUT2D eigenvalue weighted by Crippen LogP contribution is 2.14. The first-order valence-corrected chi connectivity index (χ1v) is 4.54. The van der Waals surface area contributed by atoms with Gasteiger partial charge in [-0.05, 0) is 37.5 Å². The highest BCUT2D eigenvalue weighted by Gasteiger charge is 1.98. The average molecular weight is 185 g/mol. The van der Waals surface area contributed by atoms with Crippen molar-refractivity contribution >= 4 is 11.6 Å². The van der Waals surface area contributed by atoms with Crippen LogP contribution in [0.2, 0.25) is 0 Å². The Morgan fingerprint density at radius 2 is 2.25 bits per heavy atom. The second-order valence-electron chi connectivity index (χ2n) is 2.99. The molecule has 0 amide bonds. The molecule has 1 N–H and O–H groups in total. The number of halogens is 1. The molecule has 12 heavy (non-hydrogen) atoms. The lowest BCUT2D eigenvalue weighted by Gasteiger charge is -2.02. The highest BCUT2D eigenvalue weighted by molar-refractivity contribution is 6.20. The fraction of sp³-hybridized carbons (Fsp3) is 0.400. The van der Waals surface area contributed by atoms with Gasteiger partial charge in [-0.3, -0.25) is 0 Å². The van der Waals surface area contributed by atoms with Crippen molar-refractivity contribution in [3.63, 3.8) is 0 Å². The van der Waals surface area contributed by atoms with Gasteiger partial charge in [-0.25, -0.2) is 0 Å². The van der Waals surface area contributed by atoms with E-state index >= 15 is 0 Å². The van der Waals surface area contributed by atoms with Gasteiger partial charge in [-0.1, -0.05) is 12.1 Å². The number of aromatic hydroxyl groups is 1. The van der Waals surface area contributed by atoms with Crippen molar-refractivity contribution in [2.45, 2.75) is 25.1 Å². The van der Waals surface area contributed by atoms with Gasteiger partial charge < -0.3 is 5.11 Å². The molecule has 0 radical (unpaired) electrons. The molecule has 1 atom stereocenters. The van der Waals surface area contributed by atoms with Crippen LogP contribution in [0, 0.1) is 0 Å². The molecular weight excluding hydrogens is 172 g/mol. The predicted octanol–water partition coefficient (Wildman–Crippen LogP) is 2.95. The molecule has 0 aromatic heterocycles. The van der Waals surface area contributed by atoms with Gasteiger partial charge in [-0.15, -0.1) is 11.6 Å². The minimum Gasteiger partial charge on any atom is -0.508 e. The Morgan fingerprint density at radius 1 is 1.50 bits per heavy atom. The fourth-order valence-corrected chi connectivity index (χ4v) is 1.19. The molecule has 0 saturated heterocycles. The third-order valence-corrected chi connectivity index (χ3v) is 1.96. The topological polar surface area (TPSA) is 20.2 Å². The van der Waals surface area contributed by atoms with Crippen LogP contribution >= 0.6 is 11.6 Å². The second-order valence-corrected chi connectivity index (χ2v) is 3.73. The zero-order valence-electron chi connectivity index (χ0n) is 7.13. The van der Waals surface area contributed by atoms with E-state index in [4.69, 9.17) is 16.7 Å². The average Bonchev–Trinajstić information content (AvgIpc) is 2.01. The third kappa shape index (κ3) is 3.14. The monoisotopic (exact) mass is 184 g/mol. The van der Waals surface area contributed by atoms with Gasteiger partial charge in [0.2, 0.25) is 0 Å². The molecular formula is C10H13ClO. The summed E-state index contributed by atoms with van der Waals surface area (Å²) < 4.78 is 0. The SMILES string of the molecule is CC(Cl)CCc1cccc(O)c1. The normalized spacial score (nSPS) is 12.8. The molecule has 2 heteroatoms. The number of benzene rings is 1. The van der Waals surface area contributed by atoms with Gasteiger partial charge in [0.05, 0.1) is 0 Å². The number of aryl methyl sites for hydroxylation is 1. The maximum atomic E-state index is 9.15. The Labute approximate surface area is 78.0 Å². The van der Waals surface area contributed by atoms with Crippen LogP contribution in [0.1, 0.15) is 18.9 Å². The molecule has 1 aromatic rings. The Kier molecular flexibility index (Phi) is 3.42. The van der Waals surface area contributed by atoms with E-state index < -0.39 is 0 Å². The minimum absolute atomic E-state index is 0.201. The minimum atomic E-state index is 0.201. The molecule has 0 aliphatic carbocycles. The quantitative estimate of drug-likeness (QED) is 0.717. The maximum absolute atomic E-state index is 9.15. The summed E-state index contributed by atoms with van der Waals surface area (Å²) >= 11 is 5.80. The smallest absolute Gasteiger partial charge is 0.115 e. The summed E-state index contributed by atoms with van der Waals surface area (Å²) in [6.07, 6.45) is 1.88. The Bertz CT molecular complexity index is 245. The lowest BCUT2D eigenvalue weighted by atomic mass is 10.1. The lowest BCUT2D eigenvalue weighted by molar-refractivity contribution is 0.474. The summed E-state index contributed by atoms with van der Waals surface area (Å²) in [5.74, 6) is 0.328. The van der Waals surface area contributed by atoms with Gasteiger partial charge in [0.25, 0.3) is 0 Å². The number of alkyl halides is 1. The summed E-state index contributed by atoms with van der Waals surface area (Å²) in [4.78, 5) is 0. The lowest BCUT2D eigenvalue weighted by Crippen LogP contribution is -1.93. The van der Waals surface area contributed by atoms with Gasteiger partial charge in [0, 0.05) is 5.38 Å². The van der Waals surface area contributed by atoms with E-state index in [0.29, 0.717) is 5.75 Å². The molecule has 0 aliphatic rings. The highest BCUT2D eigenvalue weighted by atomic mass is 35.5. The molecule has 1 unspecified atom stereocenters. The van der Waals surface area contributed by atoms with Crippen molar-refractivity contribution < 1.29 is 5.11 Å². The van der Waals surface area contributed by atoms with Gasteiger partial charge >= 0.3 is 0 Å². The van der Waals surface area contributed by atoms with E-state index in [1.54, 1.807) is 12.1 Å². The number of rotatable bonds is 3. The van der Waals surface area contributed by atoms with Crippen LogP contribution in [0.25, 0.3) is 0 Å². The summed E-state index contributed by atoms with van der Waals surface area (Å²) in [5, 5.41) is 9.35. The zero-order valence-corrected chi connectivity index (χ0v) is 7.88. The number of phenols is 1. The molecule has 0 aliphatic heterocycles. The first-order valence-electron chi connectivity index (χ1n) is 4.10. The molecule has 0 fully saturated rings. The van der Waals surface area contributed by atoms with Crippen LogP contribution in [0.5, 0.6) is 5.75 Å². The summed E-state index contributed by atoms with van der Waals surface area (Å²) in [6, 6.07) is 7.30. The molecule has 66 valence electrons. The van der Waals surface area contributed by atoms with Crippen molar-refractivity contribution in [2.75, 3.05) is 0 Å². The second kappa shape index (κ2) is 4.36. The maximum Gasteiger partial charge on any atom is 0.115 e. The molecule has 1 nitrogen and oxygen atoms in total. The van der Waals surface area contributed by atoms with E-state index in [9.17, 15) is 0 Å². The van der Waals surface area contributed by atoms with Crippen LogP contribution in [-0.2, 0) is 6.42 Å².